The van der Waals surface area contributed by atoms with Gasteiger partial charge in [-0.2, -0.15) is 0 Å². The zero-order chi connectivity index (χ0) is 23.0. The van der Waals surface area contributed by atoms with Gasteiger partial charge in [0.2, 0.25) is 0 Å². The molecule has 1 fully saturated rings. The zero-order valence-corrected chi connectivity index (χ0v) is 17.6. The SMILES string of the molecule is CC1c2cccc(O)c2C(O)C2C1C[C@@H]1[C@@H](N(C)C)C(=O)C(C(N)=O)=C(O)[C@]1(O)C2O. The number of aliphatic hydroxyl groups is 4. The molecule has 0 aliphatic heterocycles. The van der Waals surface area contributed by atoms with Crippen LogP contribution in [-0.2, 0) is 9.59 Å². The van der Waals surface area contributed by atoms with Crippen molar-refractivity contribution in [2.24, 2.45) is 23.5 Å². The molecular weight excluding hydrogens is 404 g/mol. The van der Waals surface area contributed by atoms with Crippen LogP contribution >= 0.6 is 0 Å². The van der Waals surface area contributed by atoms with Crippen molar-refractivity contribution in [1.29, 1.82) is 0 Å². The third-order valence-electron chi connectivity index (χ3n) is 7.63. The Kier molecular flexibility index (Phi) is 4.93. The molecule has 5 unspecified atom stereocenters. The topological polar surface area (TPSA) is 165 Å². The van der Waals surface area contributed by atoms with Crippen LogP contribution in [0, 0.1) is 17.8 Å². The first kappa shape index (κ1) is 21.8. The second kappa shape index (κ2) is 7.03. The van der Waals surface area contributed by atoms with Crippen LogP contribution in [-0.4, -0.2) is 74.0 Å². The van der Waals surface area contributed by atoms with Gasteiger partial charge in [-0.3, -0.25) is 14.5 Å². The van der Waals surface area contributed by atoms with Gasteiger partial charge in [-0.05, 0) is 44.0 Å². The lowest BCUT2D eigenvalue weighted by Gasteiger charge is -2.58. The second-order valence-electron chi connectivity index (χ2n) is 9.23. The molecule has 1 aromatic carbocycles. The van der Waals surface area contributed by atoms with E-state index in [4.69, 9.17) is 5.73 Å². The van der Waals surface area contributed by atoms with Gasteiger partial charge in [-0.15, -0.1) is 0 Å². The quantitative estimate of drug-likeness (QED) is 0.347. The van der Waals surface area contributed by atoms with E-state index < -0.39 is 58.7 Å². The molecule has 0 spiro atoms. The molecular formula is C22H28N2O7. The number of phenols is 1. The highest BCUT2D eigenvalue weighted by molar-refractivity contribution is 6.22. The van der Waals surface area contributed by atoms with Gasteiger partial charge in [0.25, 0.3) is 5.91 Å². The van der Waals surface area contributed by atoms with Gasteiger partial charge in [0.05, 0.1) is 18.2 Å². The molecule has 0 aromatic heterocycles. The lowest BCUT2D eigenvalue weighted by Crippen LogP contribution is -2.69. The number of fused-ring (bicyclic) bond motifs is 3. The number of ketones is 1. The first-order valence-electron chi connectivity index (χ1n) is 10.3. The Labute approximate surface area is 179 Å². The fourth-order valence-corrected chi connectivity index (χ4v) is 6.20. The van der Waals surface area contributed by atoms with Crippen LogP contribution in [0.15, 0.2) is 29.5 Å². The predicted octanol–water partition coefficient (Wildman–Crippen LogP) is -0.303. The molecule has 0 saturated heterocycles. The summed E-state index contributed by atoms with van der Waals surface area (Å²) in [7, 11) is 3.21. The van der Waals surface area contributed by atoms with Crippen molar-refractivity contribution < 1.29 is 35.1 Å². The normalized spacial score (nSPS) is 39.7. The van der Waals surface area contributed by atoms with Gasteiger partial charge < -0.3 is 31.3 Å². The van der Waals surface area contributed by atoms with Gasteiger partial charge in [-0.1, -0.05) is 19.1 Å². The summed E-state index contributed by atoms with van der Waals surface area (Å²) < 4.78 is 0. The van der Waals surface area contributed by atoms with Crippen molar-refractivity contribution >= 4 is 11.7 Å². The predicted molar refractivity (Wildman–Crippen MR) is 109 cm³/mol. The molecule has 31 heavy (non-hydrogen) atoms. The average molecular weight is 432 g/mol. The number of benzene rings is 1. The number of carbonyl (C=O) groups excluding carboxylic acids is 2. The minimum absolute atomic E-state index is 0.126. The van der Waals surface area contributed by atoms with Crippen LogP contribution in [0.3, 0.4) is 0 Å². The van der Waals surface area contributed by atoms with E-state index in [1.54, 1.807) is 26.2 Å². The highest BCUT2D eigenvalue weighted by atomic mass is 16.4. The van der Waals surface area contributed by atoms with Crippen LogP contribution in [0.25, 0.3) is 0 Å². The summed E-state index contributed by atoms with van der Waals surface area (Å²) in [6, 6.07) is 3.90. The maximum Gasteiger partial charge on any atom is 0.255 e. The summed E-state index contributed by atoms with van der Waals surface area (Å²) in [5, 5.41) is 55.3. The first-order chi connectivity index (χ1) is 14.4. The first-order valence-corrected chi connectivity index (χ1v) is 10.3. The number of phenolic OH excluding ortho intramolecular Hbond substituents is 1. The summed E-state index contributed by atoms with van der Waals surface area (Å²) in [6.45, 7) is 1.90. The van der Waals surface area contributed by atoms with Crippen molar-refractivity contribution in [1.82, 2.24) is 4.90 Å². The summed E-state index contributed by atoms with van der Waals surface area (Å²) >= 11 is 0. The van der Waals surface area contributed by atoms with Crippen LogP contribution in [0.4, 0.5) is 0 Å². The molecule has 0 radical (unpaired) electrons. The molecule has 1 amide bonds. The maximum atomic E-state index is 13.0. The Hall–Kier alpha value is -2.46. The van der Waals surface area contributed by atoms with Crippen LogP contribution in [0.5, 0.6) is 5.75 Å². The minimum atomic E-state index is -2.36. The number of aliphatic hydroxyl groups excluding tert-OH is 3. The fourth-order valence-electron chi connectivity index (χ4n) is 6.20. The Bertz CT molecular complexity index is 990. The smallest absolute Gasteiger partial charge is 0.255 e. The lowest BCUT2D eigenvalue weighted by atomic mass is 9.51. The minimum Gasteiger partial charge on any atom is -0.508 e. The summed E-state index contributed by atoms with van der Waals surface area (Å²) in [5.41, 5.74) is 3.23. The van der Waals surface area contributed by atoms with Crippen molar-refractivity contribution in [2.45, 2.75) is 43.1 Å². The molecule has 9 nitrogen and oxygen atoms in total. The van der Waals surface area contributed by atoms with E-state index in [2.05, 4.69) is 0 Å². The number of primary amides is 1. The summed E-state index contributed by atoms with van der Waals surface area (Å²) in [5.74, 6) is -5.46. The Balaban J connectivity index is 1.93. The number of aromatic hydroxyl groups is 1. The van der Waals surface area contributed by atoms with Crippen molar-refractivity contribution in [3.63, 3.8) is 0 Å². The Morgan fingerprint density at radius 1 is 1.23 bits per heavy atom. The number of rotatable bonds is 2. The molecule has 8 atom stereocenters. The van der Waals surface area contributed by atoms with E-state index in [-0.39, 0.29) is 29.6 Å². The van der Waals surface area contributed by atoms with E-state index in [0.717, 1.165) is 5.56 Å². The fraction of sp³-hybridized carbons (Fsp3) is 0.545. The van der Waals surface area contributed by atoms with Gasteiger partial charge in [0, 0.05) is 17.4 Å². The number of nitrogens with two attached hydrogens (primary N) is 1. The van der Waals surface area contributed by atoms with Gasteiger partial charge in [0.1, 0.15) is 17.1 Å². The zero-order valence-electron chi connectivity index (χ0n) is 17.6. The third-order valence-corrected chi connectivity index (χ3v) is 7.63. The maximum absolute atomic E-state index is 13.0. The molecule has 9 heteroatoms. The Morgan fingerprint density at radius 3 is 2.45 bits per heavy atom. The summed E-state index contributed by atoms with van der Waals surface area (Å²) in [6.07, 6.45) is -2.85. The number of likely N-dealkylation sites (N-methyl/N-ethyl adjacent to an activating group) is 1. The standard InChI is InChI=1S/C22H28N2O7/c1-8-9-5-4-6-12(25)13(9)17(26)14-10(8)7-11-16(24(2)3)18(27)15(21(23)30)20(29)22(11,31)19(14)28/h4-6,8,10-11,14,16-17,19,25-26,28-29,31H,7H2,1-3H3,(H2,23,30)/t8?,10?,11-,14?,16-,17?,19?,22-/m1/s1. The average Bonchev–Trinajstić information content (AvgIpc) is 2.68. The number of carbonyl (C=O) groups is 2. The number of nitrogens with zero attached hydrogens (tertiary/aromatic N) is 1. The van der Waals surface area contributed by atoms with E-state index >= 15 is 0 Å². The molecule has 4 rings (SSSR count). The van der Waals surface area contributed by atoms with E-state index in [1.165, 1.54) is 11.0 Å². The van der Waals surface area contributed by atoms with Gasteiger partial charge in [0.15, 0.2) is 11.4 Å². The molecule has 3 aliphatic rings. The molecule has 0 heterocycles. The van der Waals surface area contributed by atoms with Crippen LogP contribution < -0.4 is 5.73 Å². The number of hydrogen-bond acceptors (Lipinski definition) is 8. The van der Waals surface area contributed by atoms with Crippen molar-refractivity contribution in [3.05, 3.63) is 40.7 Å². The molecule has 0 bridgehead atoms. The van der Waals surface area contributed by atoms with E-state index in [0.29, 0.717) is 0 Å². The Morgan fingerprint density at radius 2 is 1.87 bits per heavy atom. The highest BCUT2D eigenvalue weighted by Gasteiger charge is 2.66. The number of Topliss-reactive ketones (excluding diaryl/α,β-unsaturated/α-hetero) is 1. The molecule has 7 N–H and O–H groups in total. The molecule has 1 saturated carbocycles. The number of amides is 1. The van der Waals surface area contributed by atoms with E-state index in [9.17, 15) is 35.1 Å². The van der Waals surface area contributed by atoms with Gasteiger partial charge >= 0.3 is 0 Å². The monoisotopic (exact) mass is 432 g/mol. The molecule has 168 valence electrons. The molecule has 1 aromatic rings. The van der Waals surface area contributed by atoms with Crippen LogP contribution in [0.2, 0.25) is 0 Å². The van der Waals surface area contributed by atoms with Crippen LogP contribution in [0.1, 0.15) is 36.5 Å². The summed E-state index contributed by atoms with van der Waals surface area (Å²) in [4.78, 5) is 26.5. The second-order valence-corrected chi connectivity index (χ2v) is 9.23. The van der Waals surface area contributed by atoms with Crippen molar-refractivity contribution in [3.8, 4) is 5.75 Å². The molecule has 3 aliphatic carbocycles. The number of hydrogen-bond donors (Lipinski definition) is 6. The largest absolute Gasteiger partial charge is 0.508 e. The van der Waals surface area contributed by atoms with Gasteiger partial charge in [-0.25, -0.2) is 0 Å². The third kappa shape index (κ3) is 2.70. The van der Waals surface area contributed by atoms with E-state index in [1.807, 2.05) is 6.92 Å². The lowest BCUT2D eigenvalue weighted by molar-refractivity contribution is -0.210. The highest BCUT2D eigenvalue weighted by Crippen LogP contribution is 2.59. The van der Waals surface area contributed by atoms with Crippen molar-refractivity contribution in [2.75, 3.05) is 14.1 Å².